The predicted octanol–water partition coefficient (Wildman–Crippen LogP) is 4.98. The Morgan fingerprint density at radius 1 is 1.08 bits per heavy atom. The largest absolute Gasteiger partial charge is 0.435 e. The van der Waals surface area contributed by atoms with Gasteiger partial charge in [-0.05, 0) is 37.5 Å². The van der Waals surface area contributed by atoms with Gasteiger partial charge in [0.05, 0.1) is 5.69 Å². The van der Waals surface area contributed by atoms with E-state index in [4.69, 9.17) is 9.40 Å². The van der Waals surface area contributed by atoms with E-state index in [9.17, 15) is 0 Å². The van der Waals surface area contributed by atoms with E-state index >= 15 is 0 Å². The van der Waals surface area contributed by atoms with Gasteiger partial charge in [0.2, 0.25) is 5.71 Å². The number of anilines is 1. The van der Waals surface area contributed by atoms with Crippen LogP contribution in [0.4, 0.5) is 5.69 Å². The Hall–Kier alpha value is -2.49. The van der Waals surface area contributed by atoms with Crippen LogP contribution in [-0.4, -0.2) is 23.1 Å². The van der Waals surface area contributed by atoms with E-state index in [0.29, 0.717) is 5.92 Å². The molecule has 0 amide bonds. The van der Waals surface area contributed by atoms with Gasteiger partial charge < -0.3 is 14.2 Å². The van der Waals surface area contributed by atoms with Crippen LogP contribution in [0.2, 0.25) is 0 Å². The fraction of sp³-hybridized carbons (Fsp3) is 0.350. The second-order valence-corrected chi connectivity index (χ2v) is 6.96. The topological polar surface area (TPSA) is 32.5 Å². The minimum Gasteiger partial charge on any atom is -0.435 e. The summed E-state index contributed by atoms with van der Waals surface area (Å²) in [7, 11) is 2.09. The van der Waals surface area contributed by atoms with Gasteiger partial charge >= 0.3 is 0 Å². The molecule has 1 aromatic carbocycles. The van der Waals surface area contributed by atoms with Crippen molar-refractivity contribution in [1.29, 1.82) is 0 Å². The highest BCUT2D eigenvalue weighted by atomic mass is 16.3. The molecular formula is C20H23N3O. The molecule has 2 aromatic heterocycles. The summed E-state index contributed by atoms with van der Waals surface area (Å²) < 4.78 is 6.25. The summed E-state index contributed by atoms with van der Waals surface area (Å²) in [5.41, 5.74) is 5.05. The lowest BCUT2D eigenvalue weighted by atomic mass is 10.1. The van der Waals surface area contributed by atoms with Crippen molar-refractivity contribution in [2.24, 2.45) is 0 Å². The lowest BCUT2D eigenvalue weighted by molar-refractivity contribution is 0.383. The van der Waals surface area contributed by atoms with Gasteiger partial charge in [-0.2, -0.15) is 0 Å². The van der Waals surface area contributed by atoms with Crippen molar-refractivity contribution >= 4 is 27.8 Å². The van der Waals surface area contributed by atoms with Crippen LogP contribution >= 0.6 is 0 Å². The monoisotopic (exact) mass is 321 g/mol. The number of hydrogen-bond acceptors (Lipinski definition) is 4. The van der Waals surface area contributed by atoms with Gasteiger partial charge in [0.1, 0.15) is 6.17 Å². The molecule has 1 aliphatic rings. The summed E-state index contributed by atoms with van der Waals surface area (Å²) in [6.07, 6.45) is 4.48. The quantitative estimate of drug-likeness (QED) is 0.666. The molecule has 0 unspecified atom stereocenters. The molecule has 0 saturated carbocycles. The van der Waals surface area contributed by atoms with E-state index < -0.39 is 0 Å². The number of fused-ring (bicyclic) bond motifs is 3. The molecule has 0 bridgehead atoms. The zero-order valence-corrected chi connectivity index (χ0v) is 14.9. The Morgan fingerprint density at radius 2 is 1.83 bits per heavy atom. The molecule has 4 rings (SSSR count). The first-order valence-electron chi connectivity index (χ1n) is 8.48. The molecule has 0 fully saturated rings. The zero-order valence-electron chi connectivity index (χ0n) is 14.9. The van der Waals surface area contributed by atoms with E-state index in [1.807, 2.05) is 0 Å². The number of aryl methyl sites for hydroxylation is 1. The Morgan fingerprint density at radius 3 is 2.50 bits per heavy atom. The summed E-state index contributed by atoms with van der Waals surface area (Å²) in [6, 6.07) is 8.55. The van der Waals surface area contributed by atoms with Crippen molar-refractivity contribution in [3.05, 3.63) is 47.9 Å². The van der Waals surface area contributed by atoms with Crippen LogP contribution in [0.1, 0.15) is 37.9 Å². The SMILES string of the molecule is Cc1ccc2c(oc3nc(C(C)C)ccc32)c1N1C=CN(C)[C@@H]1C. The second-order valence-electron chi connectivity index (χ2n) is 6.96. The molecule has 124 valence electrons. The van der Waals surface area contributed by atoms with Crippen LogP contribution in [0.25, 0.3) is 22.1 Å². The first-order chi connectivity index (χ1) is 11.5. The van der Waals surface area contributed by atoms with Crippen molar-refractivity contribution in [3.63, 3.8) is 0 Å². The van der Waals surface area contributed by atoms with E-state index in [0.717, 1.165) is 33.5 Å². The number of furan rings is 1. The maximum absolute atomic E-state index is 6.25. The first-order valence-corrected chi connectivity index (χ1v) is 8.48. The molecular weight excluding hydrogens is 298 g/mol. The van der Waals surface area contributed by atoms with Crippen molar-refractivity contribution in [3.8, 4) is 0 Å². The van der Waals surface area contributed by atoms with Gasteiger partial charge in [0, 0.05) is 35.9 Å². The Balaban J connectivity index is 1.98. The van der Waals surface area contributed by atoms with Crippen molar-refractivity contribution in [1.82, 2.24) is 9.88 Å². The highest BCUT2D eigenvalue weighted by molar-refractivity contribution is 6.08. The van der Waals surface area contributed by atoms with E-state index in [-0.39, 0.29) is 6.17 Å². The summed E-state index contributed by atoms with van der Waals surface area (Å²) >= 11 is 0. The van der Waals surface area contributed by atoms with E-state index in [2.05, 4.69) is 81.2 Å². The number of hydrogen-bond donors (Lipinski definition) is 0. The highest BCUT2D eigenvalue weighted by Gasteiger charge is 2.25. The van der Waals surface area contributed by atoms with Gasteiger partial charge in [0.15, 0.2) is 5.58 Å². The average molecular weight is 321 g/mol. The van der Waals surface area contributed by atoms with Crippen molar-refractivity contribution in [2.75, 3.05) is 11.9 Å². The minimum absolute atomic E-state index is 0.265. The Bertz CT molecular complexity index is 954. The number of benzene rings is 1. The maximum atomic E-state index is 6.25. The first kappa shape index (κ1) is 15.1. The van der Waals surface area contributed by atoms with Gasteiger partial charge in [-0.1, -0.05) is 26.0 Å². The van der Waals surface area contributed by atoms with E-state index in [1.165, 1.54) is 5.56 Å². The van der Waals surface area contributed by atoms with Crippen LogP contribution in [-0.2, 0) is 0 Å². The second kappa shape index (κ2) is 5.26. The molecule has 1 aliphatic heterocycles. The minimum atomic E-state index is 0.265. The van der Waals surface area contributed by atoms with Crippen molar-refractivity contribution < 1.29 is 4.42 Å². The predicted molar refractivity (Wildman–Crippen MR) is 99.2 cm³/mol. The molecule has 3 aromatic rings. The maximum Gasteiger partial charge on any atom is 0.227 e. The number of pyridine rings is 1. The number of aromatic nitrogens is 1. The molecule has 1 atom stereocenters. The third-order valence-electron chi connectivity index (χ3n) is 5.01. The van der Waals surface area contributed by atoms with Gasteiger partial charge in [-0.3, -0.25) is 0 Å². The molecule has 0 aliphatic carbocycles. The van der Waals surface area contributed by atoms with Crippen LogP contribution in [0, 0.1) is 6.92 Å². The van der Waals surface area contributed by atoms with Gasteiger partial charge in [0.25, 0.3) is 0 Å². The summed E-state index contributed by atoms with van der Waals surface area (Å²) in [5, 5.41) is 2.21. The third-order valence-corrected chi connectivity index (χ3v) is 5.01. The lowest BCUT2D eigenvalue weighted by Crippen LogP contribution is -2.33. The average Bonchev–Trinajstić information content (AvgIpc) is 3.08. The Labute approximate surface area is 142 Å². The smallest absolute Gasteiger partial charge is 0.227 e. The van der Waals surface area contributed by atoms with Gasteiger partial charge in [-0.15, -0.1) is 0 Å². The normalized spacial score (nSPS) is 17.8. The molecule has 0 spiro atoms. The Kier molecular flexibility index (Phi) is 3.30. The highest BCUT2D eigenvalue weighted by Crippen LogP contribution is 2.39. The van der Waals surface area contributed by atoms with Crippen molar-refractivity contribution in [2.45, 2.75) is 39.8 Å². The third kappa shape index (κ3) is 2.09. The summed E-state index contributed by atoms with van der Waals surface area (Å²) in [4.78, 5) is 9.19. The summed E-state index contributed by atoms with van der Waals surface area (Å²) in [5.74, 6) is 0.388. The molecule has 0 radical (unpaired) electrons. The number of rotatable bonds is 2. The number of nitrogens with zero attached hydrogens (tertiary/aromatic N) is 3. The summed E-state index contributed by atoms with van der Waals surface area (Å²) in [6.45, 7) is 8.63. The van der Waals surface area contributed by atoms with Crippen LogP contribution in [0.3, 0.4) is 0 Å². The fourth-order valence-corrected chi connectivity index (χ4v) is 3.35. The molecule has 24 heavy (non-hydrogen) atoms. The fourth-order valence-electron chi connectivity index (χ4n) is 3.35. The molecule has 3 heterocycles. The zero-order chi connectivity index (χ0) is 17.0. The lowest BCUT2D eigenvalue weighted by Gasteiger charge is -2.28. The molecule has 0 saturated heterocycles. The molecule has 4 heteroatoms. The molecule has 0 N–H and O–H groups in total. The van der Waals surface area contributed by atoms with E-state index in [1.54, 1.807) is 0 Å². The van der Waals surface area contributed by atoms with Gasteiger partial charge in [-0.25, -0.2) is 4.98 Å². The van der Waals surface area contributed by atoms with Crippen LogP contribution in [0.15, 0.2) is 41.1 Å². The van der Waals surface area contributed by atoms with Crippen LogP contribution in [0.5, 0.6) is 0 Å². The van der Waals surface area contributed by atoms with Crippen LogP contribution < -0.4 is 4.90 Å². The molecule has 4 nitrogen and oxygen atoms in total. The standard InChI is InChI=1S/C20H23N3O/c1-12(2)17-9-8-16-15-7-6-13(3)18(19(15)24-20(16)21-17)23-11-10-22(5)14(23)4/h6-12,14H,1-5H3/t14-/m0/s1.